The van der Waals surface area contributed by atoms with Gasteiger partial charge in [-0.1, -0.05) is 18.2 Å². The van der Waals surface area contributed by atoms with Crippen molar-refractivity contribution in [3.05, 3.63) is 66.1 Å². The van der Waals surface area contributed by atoms with Crippen molar-refractivity contribution >= 4 is 5.97 Å². The smallest absolute Gasteiger partial charge is 0.344 e. The molecule has 2 aromatic carbocycles. The van der Waals surface area contributed by atoms with E-state index in [1.165, 1.54) is 0 Å². The average Bonchev–Trinajstić information content (AvgIpc) is 3.07. The fraction of sp³-hybridized carbons (Fsp3) is 0.238. The molecule has 27 heavy (non-hydrogen) atoms. The second-order valence-corrected chi connectivity index (χ2v) is 5.74. The molecule has 0 spiro atoms. The number of benzene rings is 2. The molecule has 6 nitrogen and oxygen atoms in total. The Kier molecular flexibility index (Phi) is 6.10. The Morgan fingerprint density at radius 3 is 2.33 bits per heavy atom. The normalized spacial score (nSPS) is 10.4. The van der Waals surface area contributed by atoms with E-state index in [1.54, 1.807) is 31.2 Å². The van der Waals surface area contributed by atoms with Gasteiger partial charge in [0.15, 0.2) is 6.61 Å². The largest absolute Gasteiger partial charge is 0.494 e. The monoisotopic (exact) mass is 367 g/mol. The molecule has 0 aliphatic rings. The standard InChI is InChI=1S/C21H21NO5/c1-3-24-17-9-11-18(12-10-17)25-14-20(23)26-13-19-15(2)27-21(22-19)16-7-5-4-6-8-16/h4-12H,3,13-14H2,1-2H3. The highest BCUT2D eigenvalue weighted by molar-refractivity contribution is 5.71. The van der Waals surface area contributed by atoms with E-state index in [0.717, 1.165) is 11.3 Å². The van der Waals surface area contributed by atoms with E-state index in [4.69, 9.17) is 18.6 Å². The lowest BCUT2D eigenvalue weighted by atomic mass is 10.2. The molecule has 0 N–H and O–H groups in total. The Morgan fingerprint density at radius 2 is 1.67 bits per heavy atom. The zero-order valence-corrected chi connectivity index (χ0v) is 15.3. The zero-order chi connectivity index (χ0) is 19.1. The van der Waals surface area contributed by atoms with Gasteiger partial charge >= 0.3 is 5.97 Å². The number of aryl methyl sites for hydroxylation is 1. The van der Waals surface area contributed by atoms with Crippen LogP contribution >= 0.6 is 0 Å². The summed E-state index contributed by atoms with van der Waals surface area (Å²) in [4.78, 5) is 16.3. The third kappa shape index (κ3) is 5.10. The third-order valence-corrected chi connectivity index (χ3v) is 3.77. The molecule has 0 saturated heterocycles. The van der Waals surface area contributed by atoms with Gasteiger partial charge in [0.1, 0.15) is 29.6 Å². The second-order valence-electron chi connectivity index (χ2n) is 5.74. The second kappa shape index (κ2) is 8.89. The van der Waals surface area contributed by atoms with Gasteiger partial charge in [0.2, 0.25) is 5.89 Å². The van der Waals surface area contributed by atoms with Crippen LogP contribution in [0.3, 0.4) is 0 Å². The maximum atomic E-state index is 11.9. The molecule has 0 radical (unpaired) electrons. The Labute approximate surface area is 157 Å². The van der Waals surface area contributed by atoms with Crippen LogP contribution < -0.4 is 9.47 Å². The van der Waals surface area contributed by atoms with Crippen molar-refractivity contribution in [3.8, 4) is 23.0 Å². The summed E-state index contributed by atoms with van der Waals surface area (Å²) in [5.74, 6) is 1.97. The first-order valence-electron chi connectivity index (χ1n) is 8.68. The van der Waals surface area contributed by atoms with E-state index in [1.807, 2.05) is 37.3 Å². The van der Waals surface area contributed by atoms with Crippen LogP contribution in [0.4, 0.5) is 0 Å². The molecule has 0 atom stereocenters. The first-order chi connectivity index (χ1) is 13.2. The summed E-state index contributed by atoms with van der Waals surface area (Å²) in [6, 6.07) is 16.6. The zero-order valence-electron chi connectivity index (χ0n) is 15.3. The Hall–Kier alpha value is -3.28. The Balaban J connectivity index is 1.50. The van der Waals surface area contributed by atoms with E-state index in [2.05, 4.69) is 4.98 Å². The quantitative estimate of drug-likeness (QED) is 0.557. The summed E-state index contributed by atoms with van der Waals surface area (Å²) in [5.41, 5.74) is 1.46. The first kappa shape index (κ1) is 18.5. The van der Waals surface area contributed by atoms with E-state index in [9.17, 15) is 4.79 Å². The molecule has 0 amide bonds. The summed E-state index contributed by atoms with van der Waals surface area (Å²) in [5, 5.41) is 0. The van der Waals surface area contributed by atoms with Gasteiger partial charge in [0.05, 0.1) is 6.61 Å². The molecule has 0 aliphatic heterocycles. The molecule has 1 aromatic heterocycles. The lowest BCUT2D eigenvalue weighted by Crippen LogP contribution is -2.15. The highest BCUT2D eigenvalue weighted by Gasteiger charge is 2.13. The van der Waals surface area contributed by atoms with Gasteiger partial charge in [0, 0.05) is 5.56 Å². The molecule has 0 bridgehead atoms. The van der Waals surface area contributed by atoms with Crippen molar-refractivity contribution in [2.24, 2.45) is 0 Å². The maximum Gasteiger partial charge on any atom is 0.344 e. The Morgan fingerprint density at radius 1 is 1.00 bits per heavy atom. The van der Waals surface area contributed by atoms with E-state index < -0.39 is 5.97 Å². The molecule has 0 fully saturated rings. The van der Waals surface area contributed by atoms with Gasteiger partial charge in [-0.25, -0.2) is 9.78 Å². The van der Waals surface area contributed by atoms with Crippen LogP contribution in [0.25, 0.3) is 11.5 Å². The number of aromatic nitrogens is 1. The summed E-state index contributed by atoms with van der Waals surface area (Å²) in [6.07, 6.45) is 0. The van der Waals surface area contributed by atoms with Gasteiger partial charge < -0.3 is 18.6 Å². The number of oxazole rings is 1. The van der Waals surface area contributed by atoms with E-state index >= 15 is 0 Å². The van der Waals surface area contributed by atoms with Crippen LogP contribution in [0.5, 0.6) is 11.5 Å². The van der Waals surface area contributed by atoms with E-state index in [-0.39, 0.29) is 13.2 Å². The van der Waals surface area contributed by atoms with Gasteiger partial charge in [-0.3, -0.25) is 0 Å². The molecular formula is C21H21NO5. The summed E-state index contributed by atoms with van der Waals surface area (Å²) < 4.78 is 21.7. The number of esters is 1. The number of hydrogen-bond acceptors (Lipinski definition) is 6. The van der Waals surface area contributed by atoms with Crippen LogP contribution in [-0.4, -0.2) is 24.2 Å². The number of nitrogens with zero attached hydrogens (tertiary/aromatic N) is 1. The minimum Gasteiger partial charge on any atom is -0.494 e. The molecule has 0 unspecified atom stereocenters. The molecule has 3 aromatic rings. The number of ether oxygens (including phenoxy) is 3. The molecule has 3 rings (SSSR count). The molecular weight excluding hydrogens is 346 g/mol. The first-order valence-corrected chi connectivity index (χ1v) is 8.68. The van der Waals surface area contributed by atoms with Crippen molar-refractivity contribution in [2.75, 3.05) is 13.2 Å². The molecule has 6 heteroatoms. The molecule has 0 aliphatic carbocycles. The summed E-state index contributed by atoms with van der Waals surface area (Å²) in [6.45, 7) is 4.16. The van der Waals surface area contributed by atoms with Crippen molar-refractivity contribution in [3.63, 3.8) is 0 Å². The van der Waals surface area contributed by atoms with Crippen molar-refractivity contribution in [1.82, 2.24) is 4.98 Å². The molecule has 140 valence electrons. The van der Waals surface area contributed by atoms with Gasteiger partial charge in [-0.2, -0.15) is 0 Å². The van der Waals surface area contributed by atoms with Crippen LogP contribution in [0.2, 0.25) is 0 Å². The van der Waals surface area contributed by atoms with E-state index in [0.29, 0.717) is 29.7 Å². The minimum atomic E-state index is -0.479. The predicted octanol–water partition coefficient (Wildman–Crippen LogP) is 4.17. The van der Waals surface area contributed by atoms with Crippen LogP contribution in [0.15, 0.2) is 59.0 Å². The van der Waals surface area contributed by atoms with Crippen LogP contribution in [0, 0.1) is 6.92 Å². The number of carbonyl (C=O) groups is 1. The Bertz CT molecular complexity index is 871. The van der Waals surface area contributed by atoms with Crippen molar-refractivity contribution in [2.45, 2.75) is 20.5 Å². The lowest BCUT2D eigenvalue weighted by molar-refractivity contribution is -0.147. The summed E-state index contributed by atoms with van der Waals surface area (Å²) >= 11 is 0. The highest BCUT2D eigenvalue weighted by Crippen LogP contribution is 2.22. The number of carbonyl (C=O) groups excluding carboxylic acids is 1. The lowest BCUT2D eigenvalue weighted by Gasteiger charge is -2.07. The SMILES string of the molecule is CCOc1ccc(OCC(=O)OCc2nc(-c3ccccc3)oc2C)cc1. The fourth-order valence-electron chi connectivity index (χ4n) is 2.40. The highest BCUT2D eigenvalue weighted by atomic mass is 16.6. The predicted molar refractivity (Wildman–Crippen MR) is 99.6 cm³/mol. The topological polar surface area (TPSA) is 70.8 Å². The number of rotatable bonds is 8. The fourth-order valence-corrected chi connectivity index (χ4v) is 2.40. The molecule has 1 heterocycles. The van der Waals surface area contributed by atoms with Crippen LogP contribution in [0.1, 0.15) is 18.4 Å². The maximum absolute atomic E-state index is 11.9. The summed E-state index contributed by atoms with van der Waals surface area (Å²) in [7, 11) is 0. The van der Waals surface area contributed by atoms with Crippen molar-refractivity contribution in [1.29, 1.82) is 0 Å². The molecule has 0 saturated carbocycles. The van der Waals surface area contributed by atoms with Crippen molar-refractivity contribution < 1.29 is 23.4 Å². The third-order valence-electron chi connectivity index (χ3n) is 3.77. The van der Waals surface area contributed by atoms with Crippen LogP contribution in [-0.2, 0) is 16.1 Å². The van der Waals surface area contributed by atoms with Gasteiger partial charge in [0.25, 0.3) is 0 Å². The van der Waals surface area contributed by atoms with Gasteiger partial charge in [-0.15, -0.1) is 0 Å². The minimum absolute atomic E-state index is 0.0354. The number of hydrogen-bond donors (Lipinski definition) is 0. The average molecular weight is 367 g/mol. The van der Waals surface area contributed by atoms with Gasteiger partial charge in [-0.05, 0) is 50.2 Å².